The summed E-state index contributed by atoms with van der Waals surface area (Å²) in [7, 11) is 1.55. The van der Waals surface area contributed by atoms with Crippen LogP contribution >= 0.6 is 0 Å². The Balaban J connectivity index is 1.56. The molecule has 0 aliphatic rings. The molecular weight excluding hydrogens is 342 g/mol. The van der Waals surface area contributed by atoms with Crippen molar-refractivity contribution in [2.24, 2.45) is 0 Å². The summed E-state index contributed by atoms with van der Waals surface area (Å²) in [4.78, 5) is 24.3. The molecule has 0 heterocycles. The fourth-order valence-corrected chi connectivity index (χ4v) is 2.46. The molecule has 136 valence electrons. The number of hydrogen-bond donors (Lipinski definition) is 1. The zero-order chi connectivity index (χ0) is 19.1. The van der Waals surface area contributed by atoms with Crippen LogP contribution in [0.1, 0.15) is 20.7 Å². The minimum atomic E-state index is -0.183. The molecule has 0 atom stereocenters. The predicted molar refractivity (Wildman–Crippen MR) is 104 cm³/mol. The number of rotatable bonds is 7. The Bertz CT molecular complexity index is 921. The summed E-state index contributed by atoms with van der Waals surface area (Å²) in [5.74, 6) is 0.844. The van der Waals surface area contributed by atoms with Crippen molar-refractivity contribution in [3.05, 3.63) is 90.0 Å². The number of Topliss-reactive ketones (excluding diaryl/α,β-unsaturated/α-hetero) is 1. The van der Waals surface area contributed by atoms with Gasteiger partial charge < -0.3 is 14.8 Å². The maximum atomic E-state index is 12.2. The molecule has 0 spiro atoms. The lowest BCUT2D eigenvalue weighted by Gasteiger charge is -2.09. The molecule has 3 rings (SSSR count). The number of methoxy groups -OCH3 is 1. The highest BCUT2D eigenvalue weighted by molar-refractivity contribution is 6.04. The second-order valence-electron chi connectivity index (χ2n) is 5.79. The standard InChI is InChI=1S/C22H19NO4/c1-26-20-9-5-8-17(14-20)21(24)15-27-19-12-10-18(11-13-19)23-22(25)16-6-3-2-4-7-16/h2-14H,15H2,1H3,(H,23,25). The average molecular weight is 361 g/mol. The number of anilines is 1. The minimum absolute atomic E-state index is 0.0805. The van der Waals surface area contributed by atoms with Crippen molar-refractivity contribution in [1.82, 2.24) is 0 Å². The number of amides is 1. The molecular formula is C22H19NO4. The van der Waals surface area contributed by atoms with Crippen LogP contribution in [0.15, 0.2) is 78.9 Å². The molecule has 0 aliphatic heterocycles. The molecule has 0 bridgehead atoms. The van der Waals surface area contributed by atoms with Crippen LogP contribution in [0.2, 0.25) is 0 Å². The Hall–Kier alpha value is -3.60. The first kappa shape index (κ1) is 18.2. The quantitative estimate of drug-likeness (QED) is 0.640. The molecule has 5 heteroatoms. The molecule has 5 nitrogen and oxygen atoms in total. The minimum Gasteiger partial charge on any atom is -0.497 e. The van der Waals surface area contributed by atoms with Gasteiger partial charge in [-0.2, -0.15) is 0 Å². The molecule has 0 aromatic heterocycles. The van der Waals surface area contributed by atoms with E-state index in [4.69, 9.17) is 9.47 Å². The van der Waals surface area contributed by atoms with Gasteiger partial charge in [0.15, 0.2) is 12.4 Å². The fraction of sp³-hybridized carbons (Fsp3) is 0.0909. The van der Waals surface area contributed by atoms with Crippen molar-refractivity contribution < 1.29 is 19.1 Å². The van der Waals surface area contributed by atoms with Gasteiger partial charge in [0.1, 0.15) is 11.5 Å². The number of ether oxygens (including phenoxy) is 2. The molecule has 3 aromatic rings. The normalized spacial score (nSPS) is 10.1. The van der Waals surface area contributed by atoms with Crippen LogP contribution in [0.3, 0.4) is 0 Å². The van der Waals surface area contributed by atoms with Crippen LogP contribution in [0.4, 0.5) is 5.69 Å². The number of nitrogens with one attached hydrogen (secondary N) is 1. The average Bonchev–Trinajstić information content (AvgIpc) is 2.73. The van der Waals surface area contributed by atoms with Crippen LogP contribution in [-0.4, -0.2) is 25.4 Å². The maximum absolute atomic E-state index is 12.2. The second-order valence-corrected chi connectivity index (χ2v) is 5.79. The van der Waals surface area contributed by atoms with E-state index in [1.807, 2.05) is 18.2 Å². The molecule has 3 aromatic carbocycles. The Kier molecular flexibility index (Phi) is 5.84. The summed E-state index contributed by atoms with van der Waals surface area (Å²) in [6.45, 7) is -0.0805. The van der Waals surface area contributed by atoms with Crippen LogP contribution < -0.4 is 14.8 Å². The van der Waals surface area contributed by atoms with Gasteiger partial charge in [0.2, 0.25) is 0 Å². The van der Waals surface area contributed by atoms with Crippen LogP contribution in [0.5, 0.6) is 11.5 Å². The van der Waals surface area contributed by atoms with Crippen molar-refractivity contribution in [3.63, 3.8) is 0 Å². The highest BCUT2D eigenvalue weighted by Gasteiger charge is 2.09. The molecule has 27 heavy (non-hydrogen) atoms. The van der Waals surface area contributed by atoms with Gasteiger partial charge in [0.05, 0.1) is 7.11 Å². The number of hydrogen-bond acceptors (Lipinski definition) is 4. The van der Waals surface area contributed by atoms with Crippen LogP contribution in [0.25, 0.3) is 0 Å². The third-order valence-electron chi connectivity index (χ3n) is 3.91. The Morgan fingerprint density at radius 1 is 0.815 bits per heavy atom. The third-order valence-corrected chi connectivity index (χ3v) is 3.91. The summed E-state index contributed by atoms with van der Waals surface area (Å²) in [6, 6.07) is 22.8. The van der Waals surface area contributed by atoms with E-state index in [0.29, 0.717) is 28.3 Å². The van der Waals surface area contributed by atoms with Crippen LogP contribution in [0, 0.1) is 0 Å². The Morgan fingerprint density at radius 3 is 2.22 bits per heavy atom. The summed E-state index contributed by atoms with van der Waals surface area (Å²) in [5, 5.41) is 2.81. The number of benzene rings is 3. The summed E-state index contributed by atoms with van der Waals surface area (Å²) in [5.41, 5.74) is 1.76. The highest BCUT2D eigenvalue weighted by atomic mass is 16.5. The first-order valence-electron chi connectivity index (χ1n) is 8.42. The van der Waals surface area contributed by atoms with E-state index in [-0.39, 0.29) is 18.3 Å². The van der Waals surface area contributed by atoms with Gasteiger partial charge in [-0.25, -0.2) is 0 Å². The van der Waals surface area contributed by atoms with Gasteiger partial charge >= 0.3 is 0 Å². The fourth-order valence-electron chi connectivity index (χ4n) is 2.46. The molecule has 1 N–H and O–H groups in total. The largest absolute Gasteiger partial charge is 0.497 e. The van der Waals surface area contributed by atoms with Crippen molar-refractivity contribution in [2.75, 3.05) is 19.0 Å². The van der Waals surface area contributed by atoms with E-state index in [2.05, 4.69) is 5.32 Å². The first-order chi connectivity index (χ1) is 13.2. The molecule has 1 amide bonds. The number of carbonyl (C=O) groups excluding carboxylic acids is 2. The van der Waals surface area contributed by atoms with E-state index in [0.717, 1.165) is 0 Å². The smallest absolute Gasteiger partial charge is 0.255 e. The molecule has 0 fully saturated rings. The Morgan fingerprint density at radius 2 is 1.52 bits per heavy atom. The summed E-state index contributed by atoms with van der Waals surface area (Å²) < 4.78 is 10.7. The van der Waals surface area contributed by atoms with Gasteiger partial charge in [-0.1, -0.05) is 30.3 Å². The topological polar surface area (TPSA) is 64.6 Å². The zero-order valence-electron chi connectivity index (χ0n) is 14.8. The molecule has 0 saturated carbocycles. The predicted octanol–water partition coefficient (Wildman–Crippen LogP) is 4.21. The van der Waals surface area contributed by atoms with Gasteiger partial charge in [-0.15, -0.1) is 0 Å². The molecule has 0 radical (unpaired) electrons. The lowest BCUT2D eigenvalue weighted by atomic mass is 10.1. The third kappa shape index (κ3) is 4.95. The van der Waals surface area contributed by atoms with Gasteiger partial charge in [-0.3, -0.25) is 9.59 Å². The van der Waals surface area contributed by atoms with Gasteiger partial charge in [0.25, 0.3) is 5.91 Å². The highest BCUT2D eigenvalue weighted by Crippen LogP contribution is 2.18. The zero-order valence-corrected chi connectivity index (χ0v) is 14.8. The van der Waals surface area contributed by atoms with E-state index < -0.39 is 0 Å². The second kappa shape index (κ2) is 8.67. The van der Waals surface area contributed by atoms with Gasteiger partial charge in [0, 0.05) is 16.8 Å². The first-order valence-corrected chi connectivity index (χ1v) is 8.42. The van der Waals surface area contributed by atoms with Crippen LogP contribution in [-0.2, 0) is 0 Å². The van der Waals surface area contributed by atoms with E-state index in [1.165, 1.54) is 0 Å². The van der Waals surface area contributed by atoms with Crippen molar-refractivity contribution in [2.45, 2.75) is 0 Å². The van der Waals surface area contributed by atoms with Gasteiger partial charge in [-0.05, 0) is 48.5 Å². The van der Waals surface area contributed by atoms with Crippen molar-refractivity contribution in [3.8, 4) is 11.5 Å². The molecule has 0 saturated heterocycles. The van der Waals surface area contributed by atoms with Crippen molar-refractivity contribution in [1.29, 1.82) is 0 Å². The Labute approximate surface area is 157 Å². The number of ketones is 1. The van der Waals surface area contributed by atoms with E-state index in [1.54, 1.807) is 67.8 Å². The number of carbonyl (C=O) groups is 2. The lowest BCUT2D eigenvalue weighted by molar-refractivity contribution is 0.0921. The monoisotopic (exact) mass is 361 g/mol. The molecule has 0 aliphatic carbocycles. The van der Waals surface area contributed by atoms with E-state index in [9.17, 15) is 9.59 Å². The maximum Gasteiger partial charge on any atom is 0.255 e. The summed E-state index contributed by atoms with van der Waals surface area (Å²) in [6.07, 6.45) is 0. The molecule has 0 unspecified atom stereocenters. The SMILES string of the molecule is COc1cccc(C(=O)COc2ccc(NC(=O)c3ccccc3)cc2)c1. The summed E-state index contributed by atoms with van der Waals surface area (Å²) >= 11 is 0. The van der Waals surface area contributed by atoms with E-state index >= 15 is 0 Å². The van der Waals surface area contributed by atoms with Crippen molar-refractivity contribution >= 4 is 17.4 Å². The lowest BCUT2D eigenvalue weighted by Crippen LogP contribution is -2.12.